The van der Waals surface area contributed by atoms with Crippen molar-refractivity contribution in [2.45, 2.75) is 30.9 Å². The van der Waals surface area contributed by atoms with Crippen molar-refractivity contribution in [1.29, 1.82) is 0 Å². The van der Waals surface area contributed by atoms with Crippen LogP contribution in [0.1, 0.15) is 25.7 Å². The van der Waals surface area contributed by atoms with Crippen molar-refractivity contribution in [1.82, 2.24) is 5.32 Å². The SMILES string of the molecule is C1CC(CNC2=NCC(C3CC3)S2)CCS1. The van der Waals surface area contributed by atoms with Crippen LogP contribution in [0.25, 0.3) is 0 Å². The van der Waals surface area contributed by atoms with Gasteiger partial charge in [-0.3, -0.25) is 4.99 Å². The van der Waals surface area contributed by atoms with E-state index in [2.05, 4.69) is 22.1 Å². The van der Waals surface area contributed by atoms with Crippen LogP contribution in [0.2, 0.25) is 0 Å². The van der Waals surface area contributed by atoms with Gasteiger partial charge in [0.05, 0.1) is 6.54 Å². The summed E-state index contributed by atoms with van der Waals surface area (Å²) < 4.78 is 0. The Labute approximate surface area is 106 Å². The van der Waals surface area contributed by atoms with Crippen LogP contribution < -0.4 is 5.32 Å². The lowest BCUT2D eigenvalue weighted by molar-refractivity contribution is 0.483. The first-order valence-corrected chi connectivity index (χ1v) is 8.48. The van der Waals surface area contributed by atoms with E-state index in [0.29, 0.717) is 0 Å². The fourth-order valence-electron chi connectivity index (χ4n) is 2.38. The smallest absolute Gasteiger partial charge is 0.156 e. The maximum atomic E-state index is 4.63. The molecule has 0 aromatic heterocycles. The molecule has 0 aromatic carbocycles. The molecular formula is C12H20N2S2. The van der Waals surface area contributed by atoms with Gasteiger partial charge in [0, 0.05) is 11.8 Å². The Balaban J connectivity index is 1.38. The second-order valence-electron chi connectivity index (χ2n) is 5.08. The minimum atomic E-state index is 0.810. The summed E-state index contributed by atoms with van der Waals surface area (Å²) in [6.45, 7) is 2.22. The van der Waals surface area contributed by atoms with Gasteiger partial charge in [-0.25, -0.2) is 0 Å². The monoisotopic (exact) mass is 256 g/mol. The molecule has 1 saturated heterocycles. The van der Waals surface area contributed by atoms with E-state index < -0.39 is 0 Å². The quantitative estimate of drug-likeness (QED) is 0.840. The van der Waals surface area contributed by atoms with Gasteiger partial charge in [-0.1, -0.05) is 11.8 Å². The van der Waals surface area contributed by atoms with Crippen molar-refractivity contribution in [2.24, 2.45) is 16.8 Å². The highest BCUT2D eigenvalue weighted by atomic mass is 32.2. The molecule has 1 unspecified atom stereocenters. The van der Waals surface area contributed by atoms with E-state index >= 15 is 0 Å². The molecule has 0 aromatic rings. The highest BCUT2D eigenvalue weighted by molar-refractivity contribution is 8.14. The summed E-state index contributed by atoms with van der Waals surface area (Å²) in [5.41, 5.74) is 0. The van der Waals surface area contributed by atoms with E-state index in [1.54, 1.807) is 0 Å². The highest BCUT2D eigenvalue weighted by Gasteiger charge is 2.35. The summed E-state index contributed by atoms with van der Waals surface area (Å²) >= 11 is 4.11. The Kier molecular flexibility index (Phi) is 3.67. The van der Waals surface area contributed by atoms with Gasteiger partial charge in [0.2, 0.25) is 0 Å². The molecule has 1 saturated carbocycles. The van der Waals surface area contributed by atoms with Gasteiger partial charge in [0.1, 0.15) is 0 Å². The third kappa shape index (κ3) is 2.89. The molecular weight excluding hydrogens is 236 g/mol. The minimum absolute atomic E-state index is 0.810. The molecule has 3 aliphatic rings. The summed E-state index contributed by atoms with van der Waals surface area (Å²) in [5, 5.41) is 5.61. The molecule has 2 nitrogen and oxygen atoms in total. The maximum absolute atomic E-state index is 4.63. The molecule has 2 fully saturated rings. The third-order valence-corrected chi connectivity index (χ3v) is 6.09. The average Bonchev–Trinajstić information content (AvgIpc) is 3.08. The number of nitrogens with one attached hydrogen (secondary N) is 1. The van der Waals surface area contributed by atoms with Crippen LogP contribution in [-0.2, 0) is 0 Å². The van der Waals surface area contributed by atoms with Gasteiger partial charge in [0.15, 0.2) is 5.17 Å². The molecule has 0 amide bonds. The van der Waals surface area contributed by atoms with E-state index in [0.717, 1.165) is 30.2 Å². The molecule has 1 atom stereocenters. The standard InChI is InChI=1S/C12H20N2S2/c1-2-10(1)11-8-14-12(16-11)13-7-9-3-5-15-6-4-9/h9-11H,1-8H2,(H,13,14). The van der Waals surface area contributed by atoms with Gasteiger partial charge in [-0.2, -0.15) is 11.8 Å². The normalized spacial score (nSPS) is 31.5. The lowest BCUT2D eigenvalue weighted by Crippen LogP contribution is -2.28. The fourth-order valence-corrected chi connectivity index (χ4v) is 4.80. The Morgan fingerprint density at radius 3 is 2.75 bits per heavy atom. The molecule has 0 bridgehead atoms. The molecule has 0 spiro atoms. The predicted molar refractivity (Wildman–Crippen MR) is 74.5 cm³/mol. The van der Waals surface area contributed by atoms with Crippen LogP contribution in [0.15, 0.2) is 4.99 Å². The van der Waals surface area contributed by atoms with Crippen molar-refractivity contribution in [2.75, 3.05) is 24.6 Å². The number of hydrogen-bond acceptors (Lipinski definition) is 4. The minimum Gasteiger partial charge on any atom is -0.365 e. The largest absolute Gasteiger partial charge is 0.365 e. The van der Waals surface area contributed by atoms with Crippen molar-refractivity contribution < 1.29 is 0 Å². The molecule has 4 heteroatoms. The van der Waals surface area contributed by atoms with E-state index in [4.69, 9.17) is 0 Å². The van der Waals surface area contributed by atoms with E-state index in [9.17, 15) is 0 Å². The zero-order valence-corrected chi connectivity index (χ0v) is 11.3. The lowest BCUT2D eigenvalue weighted by atomic mass is 10.0. The third-order valence-electron chi connectivity index (χ3n) is 3.71. The van der Waals surface area contributed by atoms with Gasteiger partial charge < -0.3 is 5.32 Å². The summed E-state index contributed by atoms with van der Waals surface area (Å²) in [6.07, 6.45) is 5.67. The molecule has 3 rings (SSSR count). The summed E-state index contributed by atoms with van der Waals surface area (Å²) in [4.78, 5) is 4.63. The van der Waals surface area contributed by atoms with E-state index in [1.165, 1.54) is 42.4 Å². The molecule has 16 heavy (non-hydrogen) atoms. The number of thioether (sulfide) groups is 2. The summed E-state index contributed by atoms with van der Waals surface area (Å²) in [6, 6.07) is 0. The van der Waals surface area contributed by atoms with E-state index in [-0.39, 0.29) is 0 Å². The zero-order valence-electron chi connectivity index (χ0n) is 9.65. The second-order valence-corrected chi connectivity index (χ2v) is 7.53. The van der Waals surface area contributed by atoms with Crippen molar-refractivity contribution >= 4 is 28.7 Å². The lowest BCUT2D eigenvalue weighted by Gasteiger charge is -2.21. The first kappa shape index (κ1) is 11.3. The molecule has 1 aliphatic carbocycles. The van der Waals surface area contributed by atoms with Gasteiger partial charge in [-0.05, 0) is 49.0 Å². The molecule has 1 N–H and O–H groups in total. The molecule has 0 radical (unpaired) electrons. The zero-order chi connectivity index (χ0) is 10.8. The van der Waals surface area contributed by atoms with Gasteiger partial charge in [-0.15, -0.1) is 0 Å². The van der Waals surface area contributed by atoms with Crippen LogP contribution in [-0.4, -0.2) is 35.0 Å². The van der Waals surface area contributed by atoms with Crippen molar-refractivity contribution in [3.8, 4) is 0 Å². The first-order valence-electron chi connectivity index (χ1n) is 6.44. The van der Waals surface area contributed by atoms with Crippen LogP contribution in [0.5, 0.6) is 0 Å². The Morgan fingerprint density at radius 1 is 1.19 bits per heavy atom. The molecule has 90 valence electrons. The van der Waals surface area contributed by atoms with Gasteiger partial charge in [0.25, 0.3) is 0 Å². The van der Waals surface area contributed by atoms with Crippen LogP contribution in [0.4, 0.5) is 0 Å². The molecule has 2 aliphatic heterocycles. The van der Waals surface area contributed by atoms with Crippen molar-refractivity contribution in [3.05, 3.63) is 0 Å². The Hall–Kier alpha value is 0.170. The maximum Gasteiger partial charge on any atom is 0.156 e. The number of aliphatic imine (C=N–C) groups is 1. The average molecular weight is 256 g/mol. The van der Waals surface area contributed by atoms with Crippen LogP contribution >= 0.6 is 23.5 Å². The van der Waals surface area contributed by atoms with Crippen LogP contribution in [0, 0.1) is 11.8 Å². The Morgan fingerprint density at radius 2 is 2.00 bits per heavy atom. The fraction of sp³-hybridized carbons (Fsp3) is 0.917. The molecule has 2 heterocycles. The van der Waals surface area contributed by atoms with Gasteiger partial charge >= 0.3 is 0 Å². The first-order chi connectivity index (χ1) is 7.92. The topological polar surface area (TPSA) is 24.4 Å². The Bertz CT molecular complexity index is 270. The summed E-state index contributed by atoms with van der Waals surface area (Å²) in [7, 11) is 0. The second kappa shape index (κ2) is 5.21. The highest BCUT2D eigenvalue weighted by Crippen LogP contribution is 2.41. The number of hydrogen-bond donors (Lipinski definition) is 1. The summed E-state index contributed by atoms with van der Waals surface area (Å²) in [5.74, 6) is 4.59. The number of nitrogens with zero attached hydrogens (tertiary/aromatic N) is 1. The van der Waals surface area contributed by atoms with Crippen molar-refractivity contribution in [3.63, 3.8) is 0 Å². The van der Waals surface area contributed by atoms with E-state index in [1.807, 2.05) is 11.8 Å². The van der Waals surface area contributed by atoms with Crippen LogP contribution in [0.3, 0.4) is 0 Å². The number of amidine groups is 1. The predicted octanol–water partition coefficient (Wildman–Crippen LogP) is 2.60. The number of rotatable bonds is 3.